The Morgan fingerprint density at radius 2 is 2.10 bits per heavy atom. The van der Waals surface area contributed by atoms with Crippen molar-refractivity contribution in [1.29, 1.82) is 0 Å². The summed E-state index contributed by atoms with van der Waals surface area (Å²) < 4.78 is 40.1. The van der Waals surface area contributed by atoms with E-state index in [-0.39, 0.29) is 24.4 Å². The van der Waals surface area contributed by atoms with Gasteiger partial charge in [-0.15, -0.1) is 0 Å². The van der Waals surface area contributed by atoms with Gasteiger partial charge >= 0.3 is 12.1 Å². The van der Waals surface area contributed by atoms with Crippen molar-refractivity contribution in [3.63, 3.8) is 0 Å². The number of rotatable bonds is 6. The van der Waals surface area contributed by atoms with Crippen LogP contribution in [0.25, 0.3) is 0 Å². The molecule has 0 amide bonds. The molecule has 1 aromatic rings. The molecule has 112 valence electrons. The molecule has 0 aliphatic carbocycles. The zero-order valence-electron chi connectivity index (χ0n) is 10.8. The number of alkyl halides is 3. The highest BCUT2D eigenvalue weighted by molar-refractivity contribution is 5.90. The van der Waals surface area contributed by atoms with Crippen LogP contribution in [0, 0.1) is 0 Å². The molecule has 5 nitrogen and oxygen atoms in total. The van der Waals surface area contributed by atoms with E-state index in [1.807, 2.05) is 0 Å². The van der Waals surface area contributed by atoms with E-state index in [0.717, 1.165) is 0 Å². The van der Waals surface area contributed by atoms with Gasteiger partial charge in [0.1, 0.15) is 6.61 Å². The van der Waals surface area contributed by atoms with Crippen molar-refractivity contribution in [2.24, 2.45) is 0 Å². The topological polar surface area (TPSA) is 75.8 Å². The van der Waals surface area contributed by atoms with Crippen LogP contribution in [0.2, 0.25) is 0 Å². The van der Waals surface area contributed by atoms with Gasteiger partial charge in [-0.1, -0.05) is 0 Å². The number of anilines is 2. The Morgan fingerprint density at radius 3 is 2.60 bits per heavy atom. The molecule has 0 spiro atoms. The second-order valence-electron chi connectivity index (χ2n) is 4.17. The first-order valence-corrected chi connectivity index (χ1v) is 5.69. The number of nitrogens with two attached hydrogens (primary N) is 1. The van der Waals surface area contributed by atoms with Crippen LogP contribution in [0.5, 0.6) is 0 Å². The van der Waals surface area contributed by atoms with Crippen LogP contribution in [-0.2, 0) is 4.74 Å². The smallest absolute Gasteiger partial charge is 0.411 e. The number of hydrogen-bond acceptors (Lipinski definition) is 4. The maximum Gasteiger partial charge on any atom is 0.411 e. The fourth-order valence-corrected chi connectivity index (χ4v) is 1.55. The molecule has 0 saturated carbocycles. The predicted molar refractivity (Wildman–Crippen MR) is 68.0 cm³/mol. The maximum absolute atomic E-state index is 11.9. The monoisotopic (exact) mass is 292 g/mol. The number of carbonyl (C=O) groups is 1. The number of benzene rings is 1. The largest absolute Gasteiger partial charge is 0.478 e. The Balaban J connectivity index is 2.55. The van der Waals surface area contributed by atoms with Crippen molar-refractivity contribution in [2.75, 3.05) is 37.4 Å². The van der Waals surface area contributed by atoms with Crippen LogP contribution in [-0.4, -0.2) is 44.1 Å². The minimum absolute atomic E-state index is 0.0490. The highest BCUT2D eigenvalue weighted by Gasteiger charge is 2.27. The summed E-state index contributed by atoms with van der Waals surface area (Å²) in [5.41, 5.74) is 6.53. The van der Waals surface area contributed by atoms with Gasteiger partial charge in [-0.3, -0.25) is 0 Å². The number of ether oxygens (including phenoxy) is 1. The maximum atomic E-state index is 11.9. The van der Waals surface area contributed by atoms with Gasteiger partial charge in [0.15, 0.2) is 0 Å². The summed E-state index contributed by atoms with van der Waals surface area (Å²) in [7, 11) is 1.63. The first kappa shape index (κ1) is 16.1. The SMILES string of the molecule is CN(CCOCC(F)(F)F)c1ccc(C(=O)O)cc1N. The third kappa shape index (κ3) is 4.96. The minimum atomic E-state index is -4.35. The lowest BCUT2D eigenvalue weighted by Crippen LogP contribution is -2.26. The second-order valence-corrected chi connectivity index (χ2v) is 4.17. The number of aromatic carboxylic acids is 1. The summed E-state index contributed by atoms with van der Waals surface area (Å²) in [6.45, 7) is -1.21. The van der Waals surface area contributed by atoms with Crippen molar-refractivity contribution in [3.05, 3.63) is 23.8 Å². The lowest BCUT2D eigenvalue weighted by molar-refractivity contribution is -0.173. The third-order valence-electron chi connectivity index (χ3n) is 2.52. The molecule has 0 aliphatic rings. The molecule has 20 heavy (non-hydrogen) atoms. The van der Waals surface area contributed by atoms with E-state index in [0.29, 0.717) is 5.69 Å². The van der Waals surface area contributed by atoms with Crippen LogP contribution < -0.4 is 10.6 Å². The van der Waals surface area contributed by atoms with E-state index in [2.05, 4.69) is 4.74 Å². The molecule has 0 radical (unpaired) electrons. The second kappa shape index (κ2) is 6.47. The number of carboxylic acids is 1. The first-order chi connectivity index (χ1) is 9.20. The minimum Gasteiger partial charge on any atom is -0.478 e. The fraction of sp³-hybridized carbons (Fsp3) is 0.417. The Hall–Kier alpha value is -1.96. The number of nitrogens with zero attached hydrogens (tertiary/aromatic N) is 1. The van der Waals surface area contributed by atoms with Gasteiger partial charge in [0.05, 0.1) is 23.5 Å². The quantitative estimate of drug-likeness (QED) is 0.619. The van der Waals surface area contributed by atoms with E-state index in [1.165, 1.54) is 18.2 Å². The lowest BCUT2D eigenvalue weighted by atomic mass is 10.1. The first-order valence-electron chi connectivity index (χ1n) is 5.69. The van der Waals surface area contributed by atoms with E-state index < -0.39 is 18.8 Å². The van der Waals surface area contributed by atoms with E-state index in [4.69, 9.17) is 10.8 Å². The molecule has 1 rings (SSSR count). The number of nitrogen functional groups attached to an aromatic ring is 1. The van der Waals surface area contributed by atoms with Gasteiger partial charge in [-0.2, -0.15) is 13.2 Å². The molecule has 0 saturated heterocycles. The van der Waals surface area contributed by atoms with Crippen LogP contribution in [0.1, 0.15) is 10.4 Å². The number of halogens is 3. The van der Waals surface area contributed by atoms with Crippen LogP contribution in [0.15, 0.2) is 18.2 Å². The molecule has 0 bridgehead atoms. The summed E-state index contributed by atoms with van der Waals surface area (Å²) in [5.74, 6) is -1.10. The average molecular weight is 292 g/mol. The van der Waals surface area contributed by atoms with Crippen molar-refractivity contribution in [1.82, 2.24) is 0 Å². The Labute approximate surface area is 113 Å². The Morgan fingerprint density at radius 1 is 1.45 bits per heavy atom. The van der Waals surface area contributed by atoms with Crippen LogP contribution in [0.3, 0.4) is 0 Å². The molecular formula is C12H15F3N2O3. The predicted octanol–water partition coefficient (Wildman–Crippen LogP) is 1.98. The van der Waals surface area contributed by atoms with Crippen molar-refractivity contribution in [2.45, 2.75) is 6.18 Å². The summed E-state index contributed by atoms with van der Waals surface area (Å²) in [4.78, 5) is 12.3. The standard InChI is InChI=1S/C12H15F3N2O3/c1-17(4-5-20-7-12(13,14)15)10-3-2-8(11(18)19)6-9(10)16/h2-3,6H,4-5,7,16H2,1H3,(H,18,19). The van der Waals surface area contributed by atoms with Gasteiger partial charge < -0.3 is 20.5 Å². The molecule has 0 unspecified atom stereocenters. The molecule has 8 heteroatoms. The van der Waals surface area contributed by atoms with Crippen molar-refractivity contribution in [3.8, 4) is 0 Å². The van der Waals surface area contributed by atoms with E-state index >= 15 is 0 Å². The summed E-state index contributed by atoms with van der Waals surface area (Å²) in [6, 6.07) is 4.17. The Kier molecular flexibility index (Phi) is 5.20. The molecule has 3 N–H and O–H groups in total. The highest BCUT2D eigenvalue weighted by atomic mass is 19.4. The molecule has 0 fully saturated rings. The highest BCUT2D eigenvalue weighted by Crippen LogP contribution is 2.23. The normalized spacial score (nSPS) is 11.4. The molecule has 1 aromatic carbocycles. The van der Waals surface area contributed by atoms with Gasteiger partial charge in [0.25, 0.3) is 0 Å². The van der Waals surface area contributed by atoms with E-state index in [9.17, 15) is 18.0 Å². The summed E-state index contributed by atoms with van der Waals surface area (Å²) >= 11 is 0. The van der Waals surface area contributed by atoms with Crippen molar-refractivity contribution < 1.29 is 27.8 Å². The van der Waals surface area contributed by atoms with Crippen LogP contribution in [0.4, 0.5) is 24.5 Å². The van der Waals surface area contributed by atoms with Gasteiger partial charge in [-0.25, -0.2) is 4.79 Å². The third-order valence-corrected chi connectivity index (χ3v) is 2.52. The van der Waals surface area contributed by atoms with Crippen molar-refractivity contribution >= 4 is 17.3 Å². The van der Waals surface area contributed by atoms with Gasteiger partial charge in [0, 0.05) is 13.6 Å². The zero-order valence-corrected chi connectivity index (χ0v) is 10.8. The molecular weight excluding hydrogens is 277 g/mol. The zero-order chi connectivity index (χ0) is 15.3. The number of hydrogen-bond donors (Lipinski definition) is 2. The summed E-state index contributed by atoms with van der Waals surface area (Å²) in [5, 5.41) is 8.79. The average Bonchev–Trinajstić information content (AvgIpc) is 2.33. The fourth-order valence-electron chi connectivity index (χ4n) is 1.55. The lowest BCUT2D eigenvalue weighted by Gasteiger charge is -2.21. The van der Waals surface area contributed by atoms with Crippen LogP contribution >= 0.6 is 0 Å². The van der Waals surface area contributed by atoms with Gasteiger partial charge in [-0.05, 0) is 18.2 Å². The molecule has 0 atom stereocenters. The number of likely N-dealkylation sites (N-methyl/N-ethyl adjacent to an activating group) is 1. The molecule has 0 aliphatic heterocycles. The molecule has 0 aromatic heterocycles. The van der Waals surface area contributed by atoms with E-state index in [1.54, 1.807) is 11.9 Å². The molecule has 0 heterocycles. The van der Waals surface area contributed by atoms with Gasteiger partial charge in [0.2, 0.25) is 0 Å². The number of carboxylic acid groups (broad SMARTS) is 1. The summed E-state index contributed by atoms with van der Waals surface area (Å²) in [6.07, 6.45) is -4.35. The Bertz CT molecular complexity index is 478.